The van der Waals surface area contributed by atoms with Crippen LogP contribution >= 0.6 is 0 Å². The summed E-state index contributed by atoms with van der Waals surface area (Å²) < 4.78 is 54.8. The minimum absolute atomic E-state index is 0.0803. The van der Waals surface area contributed by atoms with Crippen LogP contribution in [-0.4, -0.2) is 49.2 Å². The highest BCUT2D eigenvalue weighted by molar-refractivity contribution is 5.84. The Balaban J connectivity index is 2.16. The molecule has 1 aromatic heterocycles. The lowest BCUT2D eigenvalue weighted by Gasteiger charge is -2.09. The van der Waals surface area contributed by atoms with Crippen molar-refractivity contribution in [2.75, 3.05) is 27.2 Å². The molecule has 3 rings (SSSR count). The first-order valence-corrected chi connectivity index (χ1v) is 6.65. The fourth-order valence-corrected chi connectivity index (χ4v) is 2.12. The van der Waals surface area contributed by atoms with Crippen LogP contribution in [-0.2, 0) is 17.5 Å². The van der Waals surface area contributed by atoms with E-state index in [4.69, 9.17) is 13.0 Å². The van der Waals surface area contributed by atoms with Gasteiger partial charge < -0.3 is 19.9 Å². The van der Waals surface area contributed by atoms with Gasteiger partial charge in [-0.05, 0) is 50.1 Å². The van der Waals surface area contributed by atoms with E-state index in [9.17, 15) is 4.79 Å². The average molecular weight is 293 g/mol. The van der Waals surface area contributed by atoms with Gasteiger partial charge in [0.2, 0.25) is 0 Å². The third-order valence-electron chi connectivity index (χ3n) is 3.13. The Morgan fingerprint density at radius 2 is 2.43 bits per heavy atom. The zero-order chi connectivity index (χ0) is 20.1. The molecule has 1 aliphatic heterocycles. The number of alkyl carbamates (subject to hydrolysis) is 1. The molecule has 1 aliphatic rings. The molecule has 1 fully saturated rings. The second-order valence-electron chi connectivity index (χ2n) is 5.20. The number of hydrogen-bond donors (Lipinski definition) is 2. The van der Waals surface area contributed by atoms with Gasteiger partial charge in [-0.25, -0.2) is 4.79 Å². The molecule has 0 aliphatic carbocycles. The maximum Gasteiger partial charge on any atom is 0.407 e. The van der Waals surface area contributed by atoms with Gasteiger partial charge in [-0.2, -0.15) is 0 Å². The molecular weight excluding hydrogens is 266 g/mol. The van der Waals surface area contributed by atoms with E-state index in [0.717, 1.165) is 0 Å². The van der Waals surface area contributed by atoms with E-state index >= 15 is 0 Å². The number of likely N-dealkylation sites (N-methyl/N-ethyl adjacent to an activating group) is 1. The number of aromatic amines is 1. The summed E-state index contributed by atoms with van der Waals surface area (Å²) in [5.41, 5.74) is 0.559. The number of nitrogens with zero attached hydrogens (tertiary/aromatic N) is 1. The summed E-state index contributed by atoms with van der Waals surface area (Å²) >= 11 is 0. The number of H-pyrrole nitrogens is 1. The van der Waals surface area contributed by atoms with E-state index in [0.29, 0.717) is 0 Å². The van der Waals surface area contributed by atoms with Crippen molar-refractivity contribution in [3.05, 3.63) is 35.5 Å². The van der Waals surface area contributed by atoms with Crippen LogP contribution in [0, 0.1) is 0 Å². The van der Waals surface area contributed by atoms with Crippen LogP contribution in [0.4, 0.5) is 4.79 Å². The zero-order valence-corrected chi connectivity index (χ0v) is 12.0. The lowest BCUT2D eigenvalue weighted by molar-refractivity contribution is 0.177. The maximum atomic E-state index is 11.3. The lowest BCUT2D eigenvalue weighted by Crippen LogP contribution is -2.28. The van der Waals surface area contributed by atoms with Gasteiger partial charge in [-0.1, -0.05) is 6.04 Å². The molecule has 2 aromatic rings. The monoisotopic (exact) mass is 293 g/mol. The molecule has 0 unspecified atom stereocenters. The van der Waals surface area contributed by atoms with E-state index in [1.165, 1.54) is 6.20 Å². The van der Waals surface area contributed by atoms with E-state index < -0.39 is 18.5 Å². The second kappa shape index (κ2) is 5.77. The summed E-state index contributed by atoms with van der Waals surface area (Å²) in [5.74, 6) is 0. The maximum absolute atomic E-state index is 11.3. The largest absolute Gasteiger partial charge is 0.447 e. The van der Waals surface area contributed by atoms with Crippen LogP contribution in [0.25, 0.3) is 10.9 Å². The molecule has 21 heavy (non-hydrogen) atoms. The van der Waals surface area contributed by atoms with E-state index in [1.54, 1.807) is 19.0 Å². The fourth-order valence-electron chi connectivity index (χ4n) is 2.12. The fraction of sp³-hybridized carbons (Fsp3) is 0.438. The van der Waals surface area contributed by atoms with Crippen LogP contribution in [0.1, 0.15) is 19.4 Å². The smallest absolute Gasteiger partial charge is 0.407 e. The number of fused-ring (bicyclic) bond motifs is 1. The molecular formula is C16H21N3O2. The molecule has 0 radical (unpaired) electrons. The topological polar surface area (TPSA) is 57.4 Å². The SMILES string of the molecule is [2H]c1c(C[C@@]2([2H])COC(=O)N2)c([2H])c2c(C([2H])([2H])CN(C)C)c[nH]c2c1[2H]. The van der Waals surface area contributed by atoms with Crippen molar-refractivity contribution >= 4 is 17.0 Å². The van der Waals surface area contributed by atoms with Gasteiger partial charge in [0.25, 0.3) is 0 Å². The molecule has 112 valence electrons. The van der Waals surface area contributed by atoms with Crippen LogP contribution in [0.5, 0.6) is 0 Å². The van der Waals surface area contributed by atoms with Crippen LogP contribution < -0.4 is 5.32 Å². The lowest BCUT2D eigenvalue weighted by atomic mass is 10.0. The van der Waals surface area contributed by atoms with Gasteiger partial charge in [0.05, 0.1) is 11.5 Å². The van der Waals surface area contributed by atoms with Crippen LogP contribution in [0.15, 0.2) is 24.3 Å². The molecule has 2 N–H and O–H groups in total. The van der Waals surface area contributed by atoms with Crippen LogP contribution in [0.3, 0.4) is 0 Å². The van der Waals surface area contributed by atoms with Gasteiger partial charge in [0.1, 0.15) is 6.61 Å². The van der Waals surface area contributed by atoms with Crippen molar-refractivity contribution in [1.29, 1.82) is 0 Å². The number of ether oxygens (including phenoxy) is 1. The highest BCUT2D eigenvalue weighted by atomic mass is 16.6. The Hall–Kier alpha value is -2.01. The van der Waals surface area contributed by atoms with E-state index in [2.05, 4.69) is 10.3 Å². The molecule has 2 heterocycles. The first kappa shape index (κ1) is 8.44. The Bertz CT molecular complexity index is 913. The van der Waals surface area contributed by atoms with Gasteiger partial charge in [0, 0.05) is 26.4 Å². The highest BCUT2D eigenvalue weighted by Crippen LogP contribution is 2.21. The third-order valence-corrected chi connectivity index (χ3v) is 3.13. The molecule has 5 heteroatoms. The van der Waals surface area contributed by atoms with Gasteiger partial charge in [-0.15, -0.1) is 0 Å². The number of hydrogen-bond acceptors (Lipinski definition) is 3. The number of cyclic esters (lactones) is 1. The first-order valence-electron chi connectivity index (χ1n) is 9.65. The Morgan fingerprint density at radius 3 is 3.14 bits per heavy atom. The molecule has 1 saturated heterocycles. The average Bonchev–Trinajstić information content (AvgIpc) is 3.13. The second-order valence-corrected chi connectivity index (χ2v) is 5.20. The van der Waals surface area contributed by atoms with Crippen molar-refractivity contribution in [3.8, 4) is 0 Å². The van der Waals surface area contributed by atoms with Crippen molar-refractivity contribution in [2.24, 2.45) is 0 Å². The van der Waals surface area contributed by atoms with Gasteiger partial charge >= 0.3 is 6.09 Å². The molecule has 1 aromatic carbocycles. The minimum Gasteiger partial charge on any atom is -0.447 e. The van der Waals surface area contributed by atoms with Crippen molar-refractivity contribution in [2.45, 2.75) is 18.8 Å². The Morgan fingerprint density at radius 1 is 1.57 bits per heavy atom. The molecule has 0 spiro atoms. The van der Waals surface area contributed by atoms with Gasteiger partial charge in [-0.3, -0.25) is 0 Å². The minimum atomic E-state index is -1.78. The van der Waals surface area contributed by atoms with Crippen molar-refractivity contribution in [3.63, 3.8) is 0 Å². The predicted octanol–water partition coefficient (Wildman–Crippen LogP) is 1.92. The number of aromatic nitrogens is 1. The third kappa shape index (κ3) is 3.19. The quantitative estimate of drug-likeness (QED) is 0.885. The Kier molecular flexibility index (Phi) is 2.32. The standard InChI is InChI=1S/C16H21N3O2/c1-19(2)6-5-12-9-17-15-4-3-11(8-14(12)15)7-13-10-21-16(20)18-13/h3-4,8-9,13,17H,5-7,10H2,1-2H3,(H,18,20)/t13-/m0/s1/i3D,4D,5D2,8D,13D. The van der Waals surface area contributed by atoms with Crippen LogP contribution in [0.2, 0.25) is 0 Å². The molecule has 1 amide bonds. The highest BCUT2D eigenvalue weighted by Gasteiger charge is 2.22. The molecule has 0 bridgehead atoms. The van der Waals surface area contributed by atoms with Gasteiger partial charge in [0.15, 0.2) is 0 Å². The predicted molar refractivity (Wildman–Crippen MR) is 82.5 cm³/mol. The normalized spacial score (nSPS) is 26.5. The van der Waals surface area contributed by atoms with E-state index in [-0.39, 0.29) is 59.7 Å². The summed E-state index contributed by atoms with van der Waals surface area (Å²) in [6, 6.07) is -2.03. The Labute approximate surface area is 132 Å². The number of nitrogens with one attached hydrogen (secondary N) is 2. The number of carbonyl (C=O) groups is 1. The van der Waals surface area contributed by atoms with E-state index in [1.807, 2.05) is 0 Å². The molecule has 0 saturated carbocycles. The summed E-state index contributed by atoms with van der Waals surface area (Å²) in [6.07, 6.45) is -1.27. The summed E-state index contributed by atoms with van der Waals surface area (Å²) in [4.78, 5) is 15.8. The number of benzene rings is 1. The number of rotatable bonds is 5. The summed E-state index contributed by atoms with van der Waals surface area (Å²) in [7, 11) is 3.48. The number of amides is 1. The zero-order valence-electron chi connectivity index (χ0n) is 18.0. The molecule has 5 nitrogen and oxygen atoms in total. The number of carbonyl (C=O) groups excluding carboxylic acids is 1. The summed E-state index contributed by atoms with van der Waals surface area (Å²) in [6.45, 7) is -0.144. The van der Waals surface area contributed by atoms with Crippen molar-refractivity contribution in [1.82, 2.24) is 15.2 Å². The molecule has 1 atom stereocenters. The van der Waals surface area contributed by atoms with Crippen molar-refractivity contribution < 1.29 is 17.8 Å². The first-order chi connectivity index (χ1) is 12.4. The summed E-state index contributed by atoms with van der Waals surface area (Å²) in [5, 5.41) is 2.58.